The van der Waals surface area contributed by atoms with Crippen molar-refractivity contribution in [3.8, 4) is 17.4 Å². The number of aryl methyl sites for hydroxylation is 2. The maximum atomic E-state index is 6.05. The van der Waals surface area contributed by atoms with Gasteiger partial charge in [0.05, 0.1) is 19.3 Å². The van der Waals surface area contributed by atoms with Gasteiger partial charge in [-0.2, -0.15) is 0 Å². The van der Waals surface area contributed by atoms with Crippen LogP contribution in [0.2, 0.25) is 0 Å². The Morgan fingerprint density at radius 2 is 1.58 bits per heavy atom. The number of rotatable bonds is 16. The van der Waals surface area contributed by atoms with E-state index in [4.69, 9.17) is 23.6 Å². The Balaban J connectivity index is 1.54. The zero-order valence-electron chi connectivity index (χ0n) is 20.7. The molecule has 0 aliphatic heterocycles. The fourth-order valence-corrected chi connectivity index (χ4v) is 3.40. The second-order valence-corrected chi connectivity index (χ2v) is 7.97. The molecule has 0 saturated carbocycles. The molecule has 0 radical (unpaired) electrons. The number of ether oxygens (including phenoxy) is 3. The van der Waals surface area contributed by atoms with Gasteiger partial charge in [0.25, 0.3) is 5.88 Å². The van der Waals surface area contributed by atoms with E-state index in [0.29, 0.717) is 30.6 Å². The number of unbranched alkanes of at least 4 members (excludes halogenated alkanes) is 5. The van der Waals surface area contributed by atoms with Crippen molar-refractivity contribution >= 4 is 5.71 Å². The molecule has 7 nitrogen and oxygen atoms in total. The molecule has 1 heterocycles. The van der Waals surface area contributed by atoms with Gasteiger partial charge in [0.2, 0.25) is 0 Å². The molecule has 0 bridgehead atoms. The number of hydrogen-bond acceptors (Lipinski definition) is 7. The minimum atomic E-state index is 0.482. The second-order valence-electron chi connectivity index (χ2n) is 7.97. The lowest BCUT2D eigenvalue weighted by atomic mass is 10.1. The van der Waals surface area contributed by atoms with Gasteiger partial charge in [-0.25, -0.2) is 0 Å². The van der Waals surface area contributed by atoms with Gasteiger partial charge >= 0.3 is 0 Å². The lowest BCUT2D eigenvalue weighted by molar-refractivity contribution is 0.212. The van der Waals surface area contributed by atoms with Crippen molar-refractivity contribution in [3.05, 3.63) is 47.2 Å². The van der Waals surface area contributed by atoms with Crippen LogP contribution in [0, 0.1) is 13.8 Å². The van der Waals surface area contributed by atoms with Crippen LogP contribution in [0.15, 0.2) is 40.0 Å². The van der Waals surface area contributed by atoms with Crippen molar-refractivity contribution in [2.24, 2.45) is 5.16 Å². The summed E-state index contributed by atoms with van der Waals surface area (Å²) in [6.07, 6.45) is 10.7. The molecule has 7 heteroatoms. The minimum Gasteiger partial charge on any atom is -0.493 e. The first-order valence-corrected chi connectivity index (χ1v) is 11.7. The Morgan fingerprint density at radius 1 is 0.939 bits per heavy atom. The molecule has 0 atom stereocenters. The van der Waals surface area contributed by atoms with Crippen LogP contribution >= 0.6 is 0 Å². The van der Waals surface area contributed by atoms with Crippen LogP contribution in [0.4, 0.5) is 0 Å². The van der Waals surface area contributed by atoms with E-state index in [-0.39, 0.29) is 0 Å². The van der Waals surface area contributed by atoms with Crippen molar-refractivity contribution in [2.75, 3.05) is 26.9 Å². The molecule has 0 amide bonds. The van der Waals surface area contributed by atoms with E-state index in [1.165, 1.54) is 20.0 Å². The van der Waals surface area contributed by atoms with E-state index in [1.54, 1.807) is 13.0 Å². The van der Waals surface area contributed by atoms with Gasteiger partial charge in [-0.15, -0.1) is 0 Å². The van der Waals surface area contributed by atoms with Gasteiger partial charge in [0, 0.05) is 0 Å². The molecule has 0 aliphatic rings. The van der Waals surface area contributed by atoms with Crippen LogP contribution < -0.4 is 14.2 Å². The van der Waals surface area contributed by atoms with E-state index >= 15 is 0 Å². The number of aromatic nitrogens is 1. The first-order chi connectivity index (χ1) is 16.0. The molecule has 0 saturated heterocycles. The number of nitrogens with zero attached hydrogens (tertiary/aromatic N) is 2. The number of oxime groups is 1. The van der Waals surface area contributed by atoms with Crippen molar-refractivity contribution < 1.29 is 23.6 Å². The quantitative estimate of drug-likeness (QED) is 0.125. The smallest absolute Gasteiger partial charge is 0.254 e. The summed E-state index contributed by atoms with van der Waals surface area (Å²) < 4.78 is 22.6. The first kappa shape index (κ1) is 26.3. The summed E-state index contributed by atoms with van der Waals surface area (Å²) in [5.41, 5.74) is 2.86. The minimum absolute atomic E-state index is 0.482. The Hall–Kier alpha value is -2.96. The molecule has 0 unspecified atom stereocenters. The molecule has 0 fully saturated rings. The van der Waals surface area contributed by atoms with Gasteiger partial charge in [-0.05, 0) is 69.0 Å². The highest BCUT2D eigenvalue weighted by Gasteiger charge is 2.09. The van der Waals surface area contributed by atoms with Gasteiger partial charge < -0.3 is 23.6 Å². The van der Waals surface area contributed by atoms with Crippen molar-refractivity contribution in [1.82, 2.24) is 5.16 Å². The zero-order valence-corrected chi connectivity index (χ0v) is 20.7. The summed E-state index contributed by atoms with van der Waals surface area (Å²) >= 11 is 0. The van der Waals surface area contributed by atoms with E-state index in [9.17, 15) is 0 Å². The second kappa shape index (κ2) is 15.0. The molecule has 0 N–H and O–H groups in total. The van der Waals surface area contributed by atoms with Crippen LogP contribution in [0.3, 0.4) is 0 Å². The largest absolute Gasteiger partial charge is 0.493 e. The normalized spacial score (nSPS) is 11.7. The third-order valence-corrected chi connectivity index (χ3v) is 5.12. The number of allylic oxidation sites excluding steroid dienone is 1. The van der Waals surface area contributed by atoms with E-state index in [2.05, 4.69) is 24.2 Å². The highest BCUT2D eigenvalue weighted by molar-refractivity contribution is 5.95. The highest BCUT2D eigenvalue weighted by atomic mass is 16.6. The van der Waals surface area contributed by atoms with Crippen LogP contribution in [-0.4, -0.2) is 37.8 Å². The Labute approximate surface area is 197 Å². The Bertz CT molecular complexity index is 866. The van der Waals surface area contributed by atoms with E-state index in [0.717, 1.165) is 54.9 Å². The fourth-order valence-electron chi connectivity index (χ4n) is 3.40. The monoisotopic (exact) mass is 458 g/mol. The number of hydrogen-bond donors (Lipinski definition) is 0. The fraction of sp³-hybridized carbons (Fsp3) is 0.538. The standard InChI is InChI=1S/C26H38N2O5/c1-6-7-14-30-23-17-20(2)26(21(3)18-23)32-16-13-11-9-8-10-12-15-31-25-19-24(33-28-25)22(4)27-29-5/h6-7,17-19H,8-16H2,1-5H3/b7-6+,27-22+. The average Bonchev–Trinajstić information content (AvgIpc) is 3.26. The van der Waals surface area contributed by atoms with E-state index < -0.39 is 0 Å². The molecule has 0 spiro atoms. The maximum Gasteiger partial charge on any atom is 0.254 e. The Kier molecular flexibility index (Phi) is 11.9. The molecular formula is C26H38N2O5. The summed E-state index contributed by atoms with van der Waals surface area (Å²) in [7, 11) is 1.49. The summed E-state index contributed by atoms with van der Waals surface area (Å²) in [6, 6.07) is 5.82. The van der Waals surface area contributed by atoms with Crippen LogP contribution in [0.25, 0.3) is 0 Å². The lowest BCUT2D eigenvalue weighted by Crippen LogP contribution is -2.02. The van der Waals surface area contributed by atoms with Gasteiger partial charge in [-0.3, -0.25) is 0 Å². The molecule has 2 aromatic rings. The lowest BCUT2D eigenvalue weighted by Gasteiger charge is -2.14. The molecule has 1 aromatic heterocycles. The third-order valence-electron chi connectivity index (χ3n) is 5.12. The Morgan fingerprint density at radius 3 is 2.21 bits per heavy atom. The predicted molar refractivity (Wildman–Crippen MR) is 131 cm³/mol. The molecule has 33 heavy (non-hydrogen) atoms. The summed E-state index contributed by atoms with van der Waals surface area (Å²) in [5.74, 6) is 2.90. The van der Waals surface area contributed by atoms with Crippen molar-refractivity contribution in [1.29, 1.82) is 0 Å². The average molecular weight is 459 g/mol. The SMILES string of the molecule is C/C=C/COc1cc(C)c(OCCCCCCCCOc2cc(/C(C)=N/OC)on2)c(C)c1. The highest BCUT2D eigenvalue weighted by Crippen LogP contribution is 2.28. The van der Waals surface area contributed by atoms with Crippen molar-refractivity contribution in [3.63, 3.8) is 0 Å². The predicted octanol–water partition coefficient (Wildman–Crippen LogP) is 6.42. The summed E-state index contributed by atoms with van der Waals surface area (Å²) in [5, 5.41) is 7.70. The van der Waals surface area contributed by atoms with Gasteiger partial charge in [-0.1, -0.05) is 43.0 Å². The van der Waals surface area contributed by atoms with Crippen LogP contribution in [-0.2, 0) is 4.84 Å². The third kappa shape index (κ3) is 9.60. The molecule has 182 valence electrons. The van der Waals surface area contributed by atoms with E-state index in [1.807, 2.05) is 31.2 Å². The molecule has 2 rings (SSSR count). The summed E-state index contributed by atoms with van der Waals surface area (Å²) in [4.78, 5) is 4.72. The first-order valence-electron chi connectivity index (χ1n) is 11.7. The summed E-state index contributed by atoms with van der Waals surface area (Å²) in [6.45, 7) is 9.88. The molecule has 1 aromatic carbocycles. The van der Waals surface area contributed by atoms with Crippen molar-refractivity contribution in [2.45, 2.75) is 66.2 Å². The molecular weight excluding hydrogens is 420 g/mol. The van der Waals surface area contributed by atoms with Crippen LogP contribution in [0.5, 0.6) is 17.4 Å². The number of benzene rings is 1. The molecule has 0 aliphatic carbocycles. The van der Waals surface area contributed by atoms with Gasteiger partial charge in [0.1, 0.15) is 30.9 Å². The maximum absolute atomic E-state index is 6.05. The zero-order chi connectivity index (χ0) is 23.9. The van der Waals surface area contributed by atoms with Gasteiger partial charge in [0.15, 0.2) is 5.76 Å². The van der Waals surface area contributed by atoms with Crippen LogP contribution in [0.1, 0.15) is 69.3 Å². The topological polar surface area (TPSA) is 75.3 Å².